The predicted octanol–water partition coefficient (Wildman–Crippen LogP) is 2.64. The molecule has 3 heteroatoms. The Hall–Kier alpha value is -1.51. The lowest BCUT2D eigenvalue weighted by Crippen LogP contribution is -2.00. The molecule has 0 saturated carbocycles. The van der Waals surface area contributed by atoms with Gasteiger partial charge >= 0.3 is 0 Å². The standard InChI is InChI=1S/C12H16O3/c1-8(2)12-10(14-3)5-9(7-13)6-11(12)15-4/h5-8H,1-4H3/i5D. The van der Waals surface area contributed by atoms with E-state index in [9.17, 15) is 4.79 Å². The van der Waals surface area contributed by atoms with Crippen molar-refractivity contribution < 1.29 is 15.6 Å². The van der Waals surface area contributed by atoms with E-state index in [2.05, 4.69) is 0 Å². The third-order valence-corrected chi connectivity index (χ3v) is 2.18. The van der Waals surface area contributed by atoms with E-state index in [1.165, 1.54) is 7.11 Å². The monoisotopic (exact) mass is 209 g/mol. The second kappa shape index (κ2) is 4.82. The molecule has 15 heavy (non-hydrogen) atoms. The molecule has 1 aromatic rings. The molecular formula is C12H16O3. The molecule has 0 amide bonds. The molecule has 0 unspecified atom stereocenters. The molecule has 3 nitrogen and oxygen atoms in total. The van der Waals surface area contributed by atoms with E-state index in [0.717, 1.165) is 5.56 Å². The van der Waals surface area contributed by atoms with Crippen molar-refractivity contribution in [2.24, 2.45) is 0 Å². The maximum absolute atomic E-state index is 10.8. The number of hydrogen-bond acceptors (Lipinski definition) is 3. The van der Waals surface area contributed by atoms with Crippen molar-refractivity contribution >= 4 is 6.29 Å². The molecule has 0 aliphatic rings. The lowest BCUT2D eigenvalue weighted by atomic mass is 9.99. The van der Waals surface area contributed by atoms with E-state index in [0.29, 0.717) is 17.8 Å². The molecule has 1 aromatic carbocycles. The molecule has 0 bridgehead atoms. The molecule has 0 aliphatic heterocycles. The minimum absolute atomic E-state index is 0.113. The zero-order chi connectivity index (χ0) is 12.3. The molecule has 0 atom stereocenters. The average Bonchev–Trinajstić information content (AvgIpc) is 2.27. The Morgan fingerprint density at radius 1 is 1.33 bits per heavy atom. The lowest BCUT2D eigenvalue weighted by Gasteiger charge is -2.16. The van der Waals surface area contributed by atoms with Gasteiger partial charge in [-0.2, -0.15) is 0 Å². The molecule has 0 fully saturated rings. The highest BCUT2D eigenvalue weighted by Gasteiger charge is 2.15. The number of methoxy groups -OCH3 is 2. The second-order valence-electron chi connectivity index (χ2n) is 3.51. The van der Waals surface area contributed by atoms with Crippen LogP contribution in [0.5, 0.6) is 11.5 Å². The molecule has 0 spiro atoms. The molecular weight excluding hydrogens is 192 g/mol. The number of ether oxygens (including phenoxy) is 2. The first-order valence-electron chi connectivity index (χ1n) is 5.27. The average molecular weight is 209 g/mol. The highest BCUT2D eigenvalue weighted by molar-refractivity contribution is 5.77. The van der Waals surface area contributed by atoms with Crippen molar-refractivity contribution in [3.8, 4) is 11.5 Å². The summed E-state index contributed by atoms with van der Waals surface area (Å²) in [5.41, 5.74) is 1.10. The van der Waals surface area contributed by atoms with Gasteiger partial charge in [0.1, 0.15) is 17.8 Å². The van der Waals surface area contributed by atoms with E-state index >= 15 is 0 Å². The molecule has 0 N–H and O–H groups in total. The smallest absolute Gasteiger partial charge is 0.150 e. The Balaban J connectivity index is 3.56. The van der Waals surface area contributed by atoms with Gasteiger partial charge < -0.3 is 9.47 Å². The summed E-state index contributed by atoms with van der Waals surface area (Å²) in [4.78, 5) is 10.8. The van der Waals surface area contributed by atoms with Crippen LogP contribution < -0.4 is 9.47 Å². The van der Waals surface area contributed by atoms with Crippen molar-refractivity contribution in [3.05, 3.63) is 23.2 Å². The zero-order valence-electron chi connectivity index (χ0n) is 10.5. The van der Waals surface area contributed by atoms with Gasteiger partial charge in [0.05, 0.1) is 15.6 Å². The molecule has 0 heterocycles. The second-order valence-corrected chi connectivity index (χ2v) is 3.51. The normalized spacial score (nSPS) is 11.1. The fourth-order valence-electron chi connectivity index (χ4n) is 1.51. The van der Waals surface area contributed by atoms with Crippen molar-refractivity contribution in [3.63, 3.8) is 0 Å². The number of rotatable bonds is 4. The van der Waals surface area contributed by atoms with Gasteiger partial charge in [0.15, 0.2) is 0 Å². The number of benzene rings is 1. The number of carbonyl (C=O) groups excluding carboxylic acids is 1. The fraction of sp³-hybridized carbons (Fsp3) is 0.417. The first-order chi connectivity index (χ1) is 7.56. The number of aldehydes is 1. The summed E-state index contributed by atoms with van der Waals surface area (Å²) in [6.07, 6.45) is 0.636. The van der Waals surface area contributed by atoms with Crippen molar-refractivity contribution in [2.75, 3.05) is 14.2 Å². The van der Waals surface area contributed by atoms with Crippen LogP contribution in [0, 0.1) is 0 Å². The van der Waals surface area contributed by atoms with Gasteiger partial charge in [0.2, 0.25) is 0 Å². The highest BCUT2D eigenvalue weighted by atomic mass is 16.5. The third-order valence-electron chi connectivity index (χ3n) is 2.18. The summed E-state index contributed by atoms with van der Waals surface area (Å²) in [5.74, 6) is 1.16. The molecule has 0 radical (unpaired) electrons. The van der Waals surface area contributed by atoms with Gasteiger partial charge in [-0.05, 0) is 18.0 Å². The van der Waals surface area contributed by atoms with Crippen LogP contribution in [0.15, 0.2) is 12.1 Å². The van der Waals surface area contributed by atoms with E-state index in [1.54, 1.807) is 13.2 Å². The summed E-state index contributed by atoms with van der Waals surface area (Å²) >= 11 is 0. The van der Waals surface area contributed by atoms with Crippen molar-refractivity contribution in [1.29, 1.82) is 0 Å². The quantitative estimate of drug-likeness (QED) is 0.715. The predicted molar refractivity (Wildman–Crippen MR) is 59.0 cm³/mol. The third kappa shape index (κ3) is 2.29. The first-order valence-corrected chi connectivity index (χ1v) is 4.77. The maximum atomic E-state index is 10.8. The van der Waals surface area contributed by atoms with Crippen molar-refractivity contribution in [2.45, 2.75) is 19.8 Å². The van der Waals surface area contributed by atoms with Crippen LogP contribution in [0.25, 0.3) is 0 Å². The summed E-state index contributed by atoms with van der Waals surface area (Å²) in [6, 6.07) is 1.69. The van der Waals surface area contributed by atoms with Crippen LogP contribution >= 0.6 is 0 Å². The van der Waals surface area contributed by atoms with E-state index < -0.39 is 0 Å². The van der Waals surface area contributed by atoms with Gasteiger partial charge in [0.25, 0.3) is 0 Å². The largest absolute Gasteiger partial charge is 0.496 e. The van der Waals surface area contributed by atoms with Crippen LogP contribution in [-0.4, -0.2) is 20.5 Å². The van der Waals surface area contributed by atoms with E-state index in [1.807, 2.05) is 13.8 Å². The van der Waals surface area contributed by atoms with Gasteiger partial charge in [-0.3, -0.25) is 4.79 Å². The summed E-state index contributed by atoms with van der Waals surface area (Å²) in [6.45, 7) is 3.97. The minimum Gasteiger partial charge on any atom is -0.496 e. The van der Waals surface area contributed by atoms with Gasteiger partial charge in [-0.15, -0.1) is 0 Å². The molecule has 0 aromatic heterocycles. The first kappa shape index (κ1) is 10.0. The zero-order valence-corrected chi connectivity index (χ0v) is 9.46. The Morgan fingerprint density at radius 2 is 1.93 bits per heavy atom. The molecule has 0 saturated heterocycles. The van der Waals surface area contributed by atoms with Crippen molar-refractivity contribution in [1.82, 2.24) is 0 Å². The molecule has 82 valence electrons. The Morgan fingerprint density at radius 3 is 2.33 bits per heavy atom. The minimum atomic E-state index is 0.113. The van der Waals surface area contributed by atoms with Crippen LogP contribution in [0.2, 0.25) is 0 Å². The summed E-state index contributed by atoms with van der Waals surface area (Å²) in [7, 11) is 3.03. The topological polar surface area (TPSA) is 35.5 Å². The molecule has 1 rings (SSSR count). The van der Waals surface area contributed by atoms with Crippen LogP contribution in [-0.2, 0) is 0 Å². The van der Waals surface area contributed by atoms with Crippen LogP contribution in [0.1, 0.15) is 37.1 Å². The van der Waals surface area contributed by atoms with Crippen LogP contribution in [0.3, 0.4) is 0 Å². The summed E-state index contributed by atoms with van der Waals surface area (Å²) in [5, 5.41) is 0. The van der Waals surface area contributed by atoms with Gasteiger partial charge in [-0.25, -0.2) is 0 Å². The highest BCUT2D eigenvalue weighted by Crippen LogP contribution is 2.35. The molecule has 0 aliphatic carbocycles. The van der Waals surface area contributed by atoms with E-state index in [4.69, 9.17) is 10.8 Å². The number of hydrogen-bond donors (Lipinski definition) is 0. The fourth-order valence-corrected chi connectivity index (χ4v) is 1.51. The summed E-state index contributed by atoms with van der Waals surface area (Å²) < 4.78 is 18.3. The van der Waals surface area contributed by atoms with Gasteiger partial charge in [0, 0.05) is 11.1 Å². The van der Waals surface area contributed by atoms with E-state index in [-0.39, 0.29) is 17.5 Å². The lowest BCUT2D eigenvalue weighted by molar-refractivity contribution is 0.112. The SMILES string of the molecule is [2H]c1c(C=O)cc(OC)c(C(C)C)c1OC. The Kier molecular flexibility index (Phi) is 3.22. The van der Waals surface area contributed by atoms with Gasteiger partial charge in [-0.1, -0.05) is 13.8 Å². The Bertz CT molecular complexity index is 400. The van der Waals surface area contributed by atoms with Crippen LogP contribution in [0.4, 0.5) is 0 Å². The maximum Gasteiger partial charge on any atom is 0.150 e. The number of carbonyl (C=O) groups is 1. The Labute approximate surface area is 91.4 Å².